The molecule has 0 spiro atoms. The van der Waals surface area contributed by atoms with E-state index < -0.39 is 7.26 Å². The van der Waals surface area contributed by atoms with Crippen molar-refractivity contribution < 1.29 is 9.13 Å². The van der Waals surface area contributed by atoms with Crippen LogP contribution in [0.5, 0.6) is 0 Å². The lowest BCUT2D eigenvalue weighted by Gasteiger charge is -2.24. The summed E-state index contributed by atoms with van der Waals surface area (Å²) in [5, 5.41) is 8.08. The lowest BCUT2D eigenvalue weighted by atomic mass is 10.0. The van der Waals surface area contributed by atoms with Crippen molar-refractivity contribution in [3.63, 3.8) is 0 Å². The summed E-state index contributed by atoms with van der Waals surface area (Å²) in [6, 6.07) is 44.4. The Morgan fingerprint density at radius 1 is 0.556 bits per heavy atom. The molecule has 6 rings (SSSR count). The van der Waals surface area contributed by atoms with Crippen LogP contribution in [0.2, 0.25) is 0 Å². The largest absolute Gasteiger partial charge is 0.277 e. The Balaban J connectivity index is 1.79. The van der Waals surface area contributed by atoms with Gasteiger partial charge in [-0.25, -0.2) is 0 Å². The number of fused-ring (bicyclic) bond motifs is 3. The molecule has 0 bridgehead atoms. The van der Waals surface area contributed by atoms with Crippen molar-refractivity contribution >= 4 is 44.9 Å². The van der Waals surface area contributed by atoms with Gasteiger partial charge in [-0.05, 0) is 53.2 Å². The SMILES string of the molecule is C[n+]1ccccc1-c1ccc2c3ccccc3cc([P+](C)(c3ccccc3)c3ccccc3)c2[n+]1C. The number of rotatable bonds is 4. The van der Waals surface area contributed by atoms with Crippen LogP contribution in [0.3, 0.4) is 0 Å². The zero-order valence-electron chi connectivity index (χ0n) is 21.0. The maximum absolute atomic E-state index is 2.48. The van der Waals surface area contributed by atoms with Crippen LogP contribution < -0.4 is 25.0 Å². The topological polar surface area (TPSA) is 7.76 Å². The molecule has 0 unspecified atom stereocenters. The molecule has 2 aromatic heterocycles. The monoisotopic (exact) mass is 485 g/mol. The molecule has 2 heterocycles. The van der Waals surface area contributed by atoms with Gasteiger partial charge in [0.05, 0.1) is 12.1 Å². The Morgan fingerprint density at radius 3 is 1.83 bits per heavy atom. The van der Waals surface area contributed by atoms with E-state index in [1.165, 1.54) is 49.0 Å². The summed E-state index contributed by atoms with van der Waals surface area (Å²) in [5.74, 6) is 0. The summed E-state index contributed by atoms with van der Waals surface area (Å²) in [4.78, 5) is 0. The summed E-state index contributed by atoms with van der Waals surface area (Å²) in [5.41, 5.74) is 3.70. The van der Waals surface area contributed by atoms with Crippen molar-refractivity contribution in [2.75, 3.05) is 6.66 Å². The van der Waals surface area contributed by atoms with Crippen LogP contribution in [0.15, 0.2) is 128 Å². The average molecular weight is 486 g/mol. The van der Waals surface area contributed by atoms with E-state index in [0.29, 0.717) is 0 Å². The highest BCUT2D eigenvalue weighted by molar-refractivity contribution is 7.95. The maximum Gasteiger partial charge on any atom is 0.277 e. The molecule has 0 aliphatic carbocycles. The van der Waals surface area contributed by atoms with Gasteiger partial charge in [-0.15, -0.1) is 0 Å². The molecule has 174 valence electrons. The smallest absolute Gasteiger partial charge is 0.196 e. The predicted octanol–water partition coefficient (Wildman–Crippen LogP) is 5.23. The molecule has 0 aliphatic rings. The normalized spacial score (nSPS) is 11.8. The van der Waals surface area contributed by atoms with Crippen LogP contribution in [0.4, 0.5) is 0 Å². The molecule has 4 aromatic carbocycles. The fourth-order valence-electron chi connectivity index (χ4n) is 5.53. The van der Waals surface area contributed by atoms with Gasteiger partial charge in [-0.3, -0.25) is 0 Å². The van der Waals surface area contributed by atoms with Crippen LogP contribution in [0, 0.1) is 0 Å². The van der Waals surface area contributed by atoms with E-state index in [4.69, 9.17) is 0 Å². The third-order valence-corrected chi connectivity index (χ3v) is 11.5. The molecular formula is C33H30N2P+3. The van der Waals surface area contributed by atoms with Gasteiger partial charge in [-0.2, -0.15) is 9.13 Å². The van der Waals surface area contributed by atoms with E-state index in [1.54, 1.807) is 0 Å². The molecule has 0 saturated heterocycles. The zero-order valence-corrected chi connectivity index (χ0v) is 21.9. The number of aryl methyl sites for hydroxylation is 2. The Morgan fingerprint density at radius 2 is 1.17 bits per heavy atom. The number of aromatic nitrogens is 2. The highest BCUT2D eigenvalue weighted by Gasteiger charge is 2.45. The quantitative estimate of drug-likeness (QED) is 0.184. The van der Waals surface area contributed by atoms with Crippen molar-refractivity contribution in [2.45, 2.75) is 0 Å². The van der Waals surface area contributed by atoms with Crippen molar-refractivity contribution in [2.24, 2.45) is 14.1 Å². The molecule has 0 aliphatic heterocycles. The van der Waals surface area contributed by atoms with Gasteiger partial charge in [0.2, 0.25) is 0 Å². The zero-order chi connectivity index (χ0) is 24.7. The fourth-order valence-corrected chi connectivity index (χ4v) is 9.01. The molecular weight excluding hydrogens is 455 g/mol. The minimum Gasteiger partial charge on any atom is -0.196 e. The molecule has 0 fully saturated rings. The molecule has 0 N–H and O–H groups in total. The second-order valence-electron chi connectivity index (χ2n) is 9.53. The Labute approximate surface area is 213 Å². The van der Waals surface area contributed by atoms with Gasteiger partial charge in [0.25, 0.3) is 16.9 Å². The molecule has 2 nitrogen and oxygen atoms in total. The van der Waals surface area contributed by atoms with Gasteiger partial charge in [0.15, 0.2) is 11.5 Å². The lowest BCUT2D eigenvalue weighted by molar-refractivity contribution is -0.679. The fraction of sp³-hybridized carbons (Fsp3) is 0.0909. The summed E-state index contributed by atoms with van der Waals surface area (Å²) in [6.07, 6.45) is 2.12. The third-order valence-electron chi connectivity index (χ3n) is 7.49. The standard InChI is InChI=1S/C33H30N2P/c1-34-23-13-12-20-30(34)31-22-21-29-28-19-11-10-14-25(28)24-32(33(29)35(31)2)36(3,26-15-6-4-7-16-26)27-17-8-5-9-18-27/h4-24H,1-3H3/q+3. The predicted molar refractivity (Wildman–Crippen MR) is 154 cm³/mol. The first-order valence-corrected chi connectivity index (χ1v) is 14.6. The first-order chi connectivity index (χ1) is 17.6. The van der Waals surface area contributed by atoms with Crippen molar-refractivity contribution in [3.8, 4) is 11.4 Å². The van der Waals surface area contributed by atoms with Crippen LogP contribution >= 0.6 is 7.26 Å². The lowest BCUT2D eigenvalue weighted by Crippen LogP contribution is -2.42. The van der Waals surface area contributed by atoms with E-state index in [0.717, 1.165) is 0 Å². The molecule has 3 heteroatoms. The van der Waals surface area contributed by atoms with Gasteiger partial charge in [-0.1, -0.05) is 60.7 Å². The second kappa shape index (κ2) is 8.97. The Hall–Kier alpha value is -3.87. The summed E-state index contributed by atoms with van der Waals surface area (Å²) < 4.78 is 4.61. The van der Waals surface area contributed by atoms with Crippen LogP contribution in [-0.4, -0.2) is 6.66 Å². The van der Waals surface area contributed by atoms with Gasteiger partial charge < -0.3 is 0 Å². The van der Waals surface area contributed by atoms with E-state index in [9.17, 15) is 0 Å². The number of benzene rings is 4. The Bertz CT molecular complexity index is 1670. The van der Waals surface area contributed by atoms with Crippen molar-refractivity contribution in [1.82, 2.24) is 0 Å². The number of hydrogen-bond donors (Lipinski definition) is 0. The van der Waals surface area contributed by atoms with Crippen LogP contribution in [0.25, 0.3) is 33.1 Å². The average Bonchev–Trinajstić information content (AvgIpc) is 2.94. The Kier molecular flexibility index (Phi) is 5.63. The van der Waals surface area contributed by atoms with Crippen molar-refractivity contribution in [3.05, 3.63) is 128 Å². The molecule has 0 saturated carbocycles. The van der Waals surface area contributed by atoms with Gasteiger partial charge >= 0.3 is 0 Å². The molecule has 0 radical (unpaired) electrons. The first kappa shape index (κ1) is 22.6. The number of nitrogens with zero attached hydrogens (tertiary/aromatic N) is 2. The minimum absolute atomic E-state index is 1.19. The molecule has 6 aromatic rings. The maximum atomic E-state index is 2.48. The minimum atomic E-state index is -1.95. The van der Waals surface area contributed by atoms with E-state index in [-0.39, 0.29) is 0 Å². The molecule has 0 atom stereocenters. The number of hydrogen-bond acceptors (Lipinski definition) is 0. The summed E-state index contributed by atoms with van der Waals surface area (Å²) in [7, 11) is 2.39. The van der Waals surface area contributed by atoms with Gasteiger partial charge in [0.1, 0.15) is 32.0 Å². The molecule has 0 amide bonds. The van der Waals surface area contributed by atoms with Crippen LogP contribution in [-0.2, 0) is 14.1 Å². The highest BCUT2D eigenvalue weighted by Crippen LogP contribution is 2.53. The summed E-state index contributed by atoms with van der Waals surface area (Å²) in [6.45, 7) is 2.48. The van der Waals surface area contributed by atoms with Crippen molar-refractivity contribution in [1.29, 1.82) is 0 Å². The molecule has 36 heavy (non-hydrogen) atoms. The van der Waals surface area contributed by atoms with E-state index in [1.807, 2.05) is 0 Å². The first-order valence-electron chi connectivity index (χ1n) is 12.4. The third kappa shape index (κ3) is 3.53. The second-order valence-corrected chi connectivity index (χ2v) is 13.1. The summed E-state index contributed by atoms with van der Waals surface area (Å²) >= 11 is 0. The van der Waals surface area contributed by atoms with Crippen LogP contribution in [0.1, 0.15) is 0 Å². The highest BCUT2D eigenvalue weighted by atomic mass is 31.2. The number of pyridine rings is 2. The van der Waals surface area contributed by atoms with Gasteiger partial charge in [0, 0.05) is 18.2 Å². The van der Waals surface area contributed by atoms with E-state index >= 15 is 0 Å². The van der Waals surface area contributed by atoms with E-state index in [2.05, 4.69) is 157 Å².